The fraction of sp³-hybridized carbons (Fsp3) is 0.682. The van der Waals surface area contributed by atoms with Gasteiger partial charge in [-0.3, -0.25) is 4.79 Å². The summed E-state index contributed by atoms with van der Waals surface area (Å²) in [4.78, 5) is 17.7. The summed E-state index contributed by atoms with van der Waals surface area (Å²) in [5.74, 6) is 2.76. The van der Waals surface area contributed by atoms with Crippen molar-refractivity contribution in [3.63, 3.8) is 0 Å². The van der Waals surface area contributed by atoms with Crippen molar-refractivity contribution in [1.82, 2.24) is 20.1 Å². The summed E-state index contributed by atoms with van der Waals surface area (Å²) in [7, 11) is 0. The Morgan fingerprint density at radius 1 is 1.22 bits per heavy atom. The van der Waals surface area contributed by atoms with Gasteiger partial charge in [0.15, 0.2) is 5.65 Å². The van der Waals surface area contributed by atoms with Gasteiger partial charge in [-0.05, 0) is 88.5 Å². The lowest BCUT2D eigenvalue weighted by Gasteiger charge is -2.56. The van der Waals surface area contributed by atoms with Crippen molar-refractivity contribution in [2.45, 2.75) is 65.3 Å². The summed E-state index contributed by atoms with van der Waals surface area (Å²) < 4.78 is 1.92. The highest BCUT2D eigenvalue weighted by atomic mass is 16.1. The van der Waals surface area contributed by atoms with Crippen LogP contribution in [0.2, 0.25) is 0 Å². The zero-order valence-electron chi connectivity index (χ0n) is 16.7. The first kappa shape index (κ1) is 17.2. The summed E-state index contributed by atoms with van der Waals surface area (Å²) in [6.07, 6.45) is 10.1. The molecule has 0 atom stereocenters. The second-order valence-electron chi connectivity index (χ2n) is 9.82. The Balaban J connectivity index is 1.35. The molecule has 0 saturated heterocycles. The average molecular weight is 367 g/mol. The summed E-state index contributed by atoms with van der Waals surface area (Å²) in [5, 5.41) is 8.66. The van der Waals surface area contributed by atoms with E-state index in [2.05, 4.69) is 24.3 Å². The van der Waals surface area contributed by atoms with Crippen molar-refractivity contribution in [1.29, 1.82) is 0 Å². The third-order valence-corrected chi connectivity index (χ3v) is 7.28. The minimum absolute atomic E-state index is 0.0231. The van der Waals surface area contributed by atoms with Crippen molar-refractivity contribution in [2.24, 2.45) is 23.2 Å². The first-order valence-corrected chi connectivity index (χ1v) is 10.6. The van der Waals surface area contributed by atoms with Crippen LogP contribution in [-0.2, 0) is 0 Å². The Bertz CT molecular complexity index is 862. The molecule has 0 radical (unpaired) electrons. The molecular formula is C22H30N4O. The van der Waals surface area contributed by atoms with Crippen LogP contribution < -0.4 is 5.32 Å². The van der Waals surface area contributed by atoms with Crippen molar-refractivity contribution >= 4 is 16.9 Å². The number of nitrogens with one attached hydrogen (secondary N) is 1. The molecule has 4 fully saturated rings. The van der Waals surface area contributed by atoms with Crippen LogP contribution in [-0.4, -0.2) is 27.2 Å². The monoisotopic (exact) mass is 366 g/mol. The zero-order valence-corrected chi connectivity index (χ0v) is 16.7. The number of pyridine rings is 1. The highest BCUT2D eigenvalue weighted by molar-refractivity contribution is 5.98. The minimum Gasteiger partial charge on any atom is -0.351 e. The highest BCUT2D eigenvalue weighted by Gasteiger charge is 2.50. The Hall–Kier alpha value is -1.91. The molecule has 0 aliphatic heterocycles. The van der Waals surface area contributed by atoms with Gasteiger partial charge in [0, 0.05) is 18.0 Å². The zero-order chi connectivity index (χ0) is 18.8. The molecule has 2 aromatic heterocycles. The smallest absolute Gasteiger partial charge is 0.253 e. The van der Waals surface area contributed by atoms with Crippen LogP contribution >= 0.6 is 0 Å². The highest BCUT2D eigenvalue weighted by Crippen LogP contribution is 2.59. The van der Waals surface area contributed by atoms with Gasteiger partial charge in [0.05, 0.1) is 17.5 Å². The summed E-state index contributed by atoms with van der Waals surface area (Å²) in [6.45, 7) is 6.94. The molecule has 2 aromatic rings. The second kappa shape index (κ2) is 6.05. The molecule has 27 heavy (non-hydrogen) atoms. The number of carbonyl (C=O) groups excluding carboxylic acids is 1. The first-order valence-electron chi connectivity index (χ1n) is 10.6. The SMILES string of the molecule is Cc1nc2c(cnn2C(C)C)cc1C(=O)NCC12CC3CC(CC(C3)C1)C2. The largest absolute Gasteiger partial charge is 0.351 e. The third-order valence-electron chi connectivity index (χ3n) is 7.28. The van der Waals surface area contributed by atoms with Crippen molar-refractivity contribution in [2.75, 3.05) is 6.54 Å². The molecule has 2 heterocycles. The lowest BCUT2D eigenvalue weighted by atomic mass is 9.49. The predicted molar refractivity (Wildman–Crippen MR) is 106 cm³/mol. The van der Waals surface area contributed by atoms with Crippen LogP contribution in [0.4, 0.5) is 0 Å². The van der Waals surface area contributed by atoms with E-state index < -0.39 is 0 Å². The molecule has 4 bridgehead atoms. The Kier molecular flexibility index (Phi) is 3.85. The van der Waals surface area contributed by atoms with Crippen molar-refractivity contribution in [3.8, 4) is 0 Å². The van der Waals surface area contributed by atoms with Gasteiger partial charge < -0.3 is 5.32 Å². The number of hydrogen-bond acceptors (Lipinski definition) is 3. The number of nitrogens with zero attached hydrogens (tertiary/aromatic N) is 3. The fourth-order valence-electron chi connectivity index (χ4n) is 6.54. The molecule has 4 saturated carbocycles. The molecular weight excluding hydrogens is 336 g/mol. The van der Waals surface area contributed by atoms with Gasteiger partial charge in [0.2, 0.25) is 0 Å². The molecule has 144 valence electrons. The number of amides is 1. The first-order chi connectivity index (χ1) is 12.9. The maximum atomic E-state index is 13.0. The summed E-state index contributed by atoms with van der Waals surface area (Å²) >= 11 is 0. The van der Waals surface area contributed by atoms with E-state index in [1.165, 1.54) is 38.5 Å². The second-order valence-corrected chi connectivity index (χ2v) is 9.82. The van der Waals surface area contributed by atoms with E-state index >= 15 is 0 Å². The van der Waals surface area contributed by atoms with Crippen LogP contribution in [0.1, 0.15) is 74.5 Å². The molecule has 0 unspecified atom stereocenters. The van der Waals surface area contributed by atoms with E-state index in [0.29, 0.717) is 11.0 Å². The number of fused-ring (bicyclic) bond motifs is 1. The molecule has 4 aliphatic rings. The van der Waals surface area contributed by atoms with E-state index in [4.69, 9.17) is 4.98 Å². The van der Waals surface area contributed by atoms with Gasteiger partial charge in [-0.2, -0.15) is 5.10 Å². The predicted octanol–water partition coefficient (Wildman–Crippen LogP) is 4.27. The van der Waals surface area contributed by atoms with Crippen molar-refractivity contribution < 1.29 is 4.79 Å². The number of hydrogen-bond donors (Lipinski definition) is 1. The van der Waals surface area contributed by atoms with Crippen LogP contribution in [0.5, 0.6) is 0 Å². The lowest BCUT2D eigenvalue weighted by molar-refractivity contribution is -0.0503. The van der Waals surface area contributed by atoms with Gasteiger partial charge in [0.25, 0.3) is 5.91 Å². The molecule has 5 heteroatoms. The standard InChI is InChI=1S/C22H30N4O/c1-13(2)26-20-18(11-24-26)7-19(14(3)25-20)21(27)23-12-22-8-15-4-16(9-22)6-17(5-15)10-22/h7,11,13,15-17H,4-6,8-10,12H2,1-3H3,(H,23,27). The number of carbonyl (C=O) groups is 1. The van der Waals surface area contributed by atoms with E-state index in [1.54, 1.807) is 0 Å². The maximum Gasteiger partial charge on any atom is 0.253 e. The molecule has 1 amide bonds. The van der Waals surface area contributed by atoms with E-state index in [-0.39, 0.29) is 11.9 Å². The topological polar surface area (TPSA) is 59.8 Å². The molecule has 6 rings (SSSR count). The molecule has 5 nitrogen and oxygen atoms in total. The van der Waals surface area contributed by atoms with Crippen LogP contribution in [0.15, 0.2) is 12.3 Å². The lowest BCUT2D eigenvalue weighted by Crippen LogP contribution is -2.51. The van der Waals surface area contributed by atoms with Gasteiger partial charge in [0.1, 0.15) is 0 Å². The molecule has 0 aromatic carbocycles. The van der Waals surface area contributed by atoms with E-state index in [9.17, 15) is 4.79 Å². The number of rotatable bonds is 4. The van der Waals surface area contributed by atoms with E-state index in [1.807, 2.05) is 23.9 Å². The quantitative estimate of drug-likeness (QED) is 0.879. The van der Waals surface area contributed by atoms with Gasteiger partial charge >= 0.3 is 0 Å². The average Bonchev–Trinajstić information content (AvgIpc) is 3.01. The summed E-state index contributed by atoms with van der Waals surface area (Å²) in [5.41, 5.74) is 2.70. The van der Waals surface area contributed by atoms with Crippen molar-refractivity contribution in [3.05, 3.63) is 23.5 Å². The Morgan fingerprint density at radius 2 is 1.85 bits per heavy atom. The fourth-order valence-corrected chi connectivity index (χ4v) is 6.54. The minimum atomic E-state index is 0.0231. The van der Waals surface area contributed by atoms with Gasteiger partial charge in [-0.1, -0.05) is 0 Å². The Labute approximate surface area is 160 Å². The normalized spacial score (nSPS) is 31.8. The van der Waals surface area contributed by atoms with Gasteiger partial charge in [-0.15, -0.1) is 0 Å². The summed E-state index contributed by atoms with van der Waals surface area (Å²) in [6, 6.07) is 2.21. The van der Waals surface area contributed by atoms with Crippen LogP contribution in [0.25, 0.3) is 11.0 Å². The number of aromatic nitrogens is 3. The molecule has 4 aliphatic carbocycles. The molecule has 1 N–H and O–H groups in total. The third kappa shape index (κ3) is 2.86. The molecule has 0 spiro atoms. The maximum absolute atomic E-state index is 13.0. The van der Waals surface area contributed by atoms with E-state index in [0.717, 1.165) is 41.0 Å². The van der Waals surface area contributed by atoms with Crippen LogP contribution in [0, 0.1) is 30.1 Å². The number of aryl methyl sites for hydroxylation is 1. The van der Waals surface area contributed by atoms with Crippen LogP contribution in [0.3, 0.4) is 0 Å². The Morgan fingerprint density at radius 3 is 2.44 bits per heavy atom. The van der Waals surface area contributed by atoms with Gasteiger partial charge in [-0.25, -0.2) is 9.67 Å².